The van der Waals surface area contributed by atoms with Gasteiger partial charge in [0, 0.05) is 39.3 Å². The molecular formula is C19H29N3O2. The zero-order valence-corrected chi connectivity index (χ0v) is 15.0. The molecule has 0 bridgehead atoms. The third kappa shape index (κ3) is 5.79. The fourth-order valence-electron chi connectivity index (χ4n) is 2.63. The van der Waals surface area contributed by atoms with Crippen molar-refractivity contribution in [3.63, 3.8) is 0 Å². The normalized spacial score (nSPS) is 18.1. The zero-order chi connectivity index (χ0) is 17.6. The second-order valence-electron chi connectivity index (χ2n) is 7.51. The molecule has 0 unspecified atom stereocenters. The van der Waals surface area contributed by atoms with Gasteiger partial charge in [-0.15, -0.1) is 0 Å². The maximum absolute atomic E-state index is 10.2. The van der Waals surface area contributed by atoms with Gasteiger partial charge in [-0.05, 0) is 29.7 Å². The van der Waals surface area contributed by atoms with Gasteiger partial charge in [-0.3, -0.25) is 9.80 Å². The maximum atomic E-state index is 10.2. The van der Waals surface area contributed by atoms with Crippen LogP contribution in [-0.2, 0) is 0 Å². The van der Waals surface area contributed by atoms with E-state index in [0.717, 1.165) is 45.0 Å². The van der Waals surface area contributed by atoms with Crippen molar-refractivity contribution in [3.8, 4) is 11.8 Å². The van der Waals surface area contributed by atoms with Gasteiger partial charge in [0.1, 0.15) is 12.4 Å². The van der Waals surface area contributed by atoms with E-state index in [1.165, 1.54) is 0 Å². The molecule has 1 aromatic carbocycles. The number of hydrogen-bond acceptors (Lipinski definition) is 5. The summed E-state index contributed by atoms with van der Waals surface area (Å²) in [5.41, 5.74) is 0.586. The van der Waals surface area contributed by atoms with E-state index < -0.39 is 0 Å². The van der Waals surface area contributed by atoms with Crippen molar-refractivity contribution < 1.29 is 9.84 Å². The summed E-state index contributed by atoms with van der Waals surface area (Å²) in [7, 11) is 0. The monoisotopic (exact) mass is 331 g/mol. The lowest BCUT2D eigenvalue weighted by molar-refractivity contribution is 0.0122. The Morgan fingerprint density at radius 3 is 2.25 bits per heavy atom. The van der Waals surface area contributed by atoms with Crippen LogP contribution in [-0.4, -0.2) is 66.9 Å². The van der Waals surface area contributed by atoms with Gasteiger partial charge in [-0.1, -0.05) is 20.8 Å². The second kappa shape index (κ2) is 8.48. The standard InChI is InChI=1S/C19H29N3O2/c1-19(2,3)18(23)15-22-10-8-21(9-11-22)12-13-24-17-6-4-16(14-20)5-7-17/h4-7,18,23H,8-13,15H2,1-3H3/t18-/m1/s1. The van der Waals surface area contributed by atoms with Crippen LogP contribution in [0.15, 0.2) is 24.3 Å². The van der Waals surface area contributed by atoms with Crippen LogP contribution in [0, 0.1) is 16.7 Å². The topological polar surface area (TPSA) is 59.7 Å². The molecule has 1 saturated heterocycles. The average molecular weight is 331 g/mol. The van der Waals surface area contributed by atoms with Crippen molar-refractivity contribution >= 4 is 0 Å². The van der Waals surface area contributed by atoms with Crippen molar-refractivity contribution in [2.75, 3.05) is 45.9 Å². The van der Waals surface area contributed by atoms with Crippen LogP contribution in [0.3, 0.4) is 0 Å². The van der Waals surface area contributed by atoms with E-state index in [-0.39, 0.29) is 11.5 Å². The van der Waals surface area contributed by atoms with E-state index in [1.54, 1.807) is 12.1 Å². The summed E-state index contributed by atoms with van der Waals surface area (Å²) in [4.78, 5) is 4.73. The van der Waals surface area contributed by atoms with Crippen LogP contribution in [0.2, 0.25) is 0 Å². The SMILES string of the molecule is CC(C)(C)[C@H](O)CN1CCN(CCOc2ccc(C#N)cc2)CC1. The Morgan fingerprint density at radius 1 is 1.12 bits per heavy atom. The number of nitrogens with zero attached hydrogens (tertiary/aromatic N) is 3. The Kier molecular flexibility index (Phi) is 6.61. The zero-order valence-electron chi connectivity index (χ0n) is 15.0. The number of aliphatic hydroxyl groups is 1. The van der Waals surface area contributed by atoms with E-state index in [4.69, 9.17) is 10.00 Å². The molecule has 1 heterocycles. The highest BCUT2D eigenvalue weighted by molar-refractivity contribution is 5.34. The molecule has 1 aliphatic heterocycles. The fourth-order valence-corrected chi connectivity index (χ4v) is 2.63. The Balaban J connectivity index is 1.65. The largest absolute Gasteiger partial charge is 0.492 e. The van der Waals surface area contributed by atoms with E-state index >= 15 is 0 Å². The van der Waals surface area contributed by atoms with Crippen LogP contribution in [0.4, 0.5) is 0 Å². The highest BCUT2D eigenvalue weighted by Gasteiger charge is 2.26. The molecule has 0 spiro atoms. The first-order chi connectivity index (χ1) is 11.4. The molecule has 24 heavy (non-hydrogen) atoms. The minimum absolute atomic E-state index is 0.0634. The fraction of sp³-hybridized carbons (Fsp3) is 0.632. The van der Waals surface area contributed by atoms with Crippen LogP contribution in [0.1, 0.15) is 26.3 Å². The highest BCUT2D eigenvalue weighted by Crippen LogP contribution is 2.20. The lowest BCUT2D eigenvalue weighted by Crippen LogP contribution is -2.50. The molecule has 0 aromatic heterocycles. The quantitative estimate of drug-likeness (QED) is 0.863. The van der Waals surface area contributed by atoms with Gasteiger partial charge in [0.15, 0.2) is 0 Å². The minimum Gasteiger partial charge on any atom is -0.492 e. The molecule has 5 nitrogen and oxygen atoms in total. The number of rotatable bonds is 6. The van der Waals surface area contributed by atoms with E-state index in [2.05, 4.69) is 36.6 Å². The first-order valence-electron chi connectivity index (χ1n) is 8.64. The molecule has 132 valence electrons. The molecule has 0 aliphatic carbocycles. The Hall–Kier alpha value is -1.61. The summed E-state index contributed by atoms with van der Waals surface area (Å²) in [5.74, 6) is 0.806. The number of ether oxygens (including phenoxy) is 1. The minimum atomic E-state index is -0.288. The molecule has 1 aromatic rings. The number of hydrogen-bond donors (Lipinski definition) is 1. The Labute approximate surface area is 145 Å². The summed E-state index contributed by atoms with van der Waals surface area (Å²) in [6, 6.07) is 9.32. The molecule has 1 fully saturated rings. The maximum Gasteiger partial charge on any atom is 0.119 e. The number of benzene rings is 1. The number of piperazine rings is 1. The van der Waals surface area contributed by atoms with Gasteiger partial charge in [-0.25, -0.2) is 0 Å². The Morgan fingerprint density at radius 2 is 1.71 bits per heavy atom. The van der Waals surface area contributed by atoms with Gasteiger partial charge in [0.2, 0.25) is 0 Å². The molecular weight excluding hydrogens is 302 g/mol. The molecule has 1 N–H and O–H groups in total. The van der Waals surface area contributed by atoms with E-state index in [1.807, 2.05) is 12.1 Å². The molecule has 2 rings (SSSR count). The predicted molar refractivity (Wildman–Crippen MR) is 95.0 cm³/mol. The van der Waals surface area contributed by atoms with Crippen molar-refractivity contribution in [3.05, 3.63) is 29.8 Å². The van der Waals surface area contributed by atoms with E-state index in [0.29, 0.717) is 12.2 Å². The highest BCUT2D eigenvalue weighted by atomic mass is 16.5. The van der Waals surface area contributed by atoms with E-state index in [9.17, 15) is 5.11 Å². The third-order valence-corrected chi connectivity index (χ3v) is 4.56. The lowest BCUT2D eigenvalue weighted by Gasteiger charge is -2.37. The summed E-state index contributed by atoms with van der Waals surface area (Å²) in [6.07, 6.45) is -0.288. The van der Waals surface area contributed by atoms with Crippen molar-refractivity contribution in [2.45, 2.75) is 26.9 Å². The van der Waals surface area contributed by atoms with Crippen LogP contribution < -0.4 is 4.74 Å². The number of aliphatic hydroxyl groups excluding tert-OH is 1. The predicted octanol–water partition coefficient (Wildman–Crippen LogP) is 1.96. The van der Waals surface area contributed by atoms with Crippen LogP contribution in [0.25, 0.3) is 0 Å². The first-order valence-corrected chi connectivity index (χ1v) is 8.64. The first kappa shape index (κ1) is 18.7. The summed E-state index contributed by atoms with van der Waals surface area (Å²) < 4.78 is 5.74. The summed E-state index contributed by atoms with van der Waals surface area (Å²) in [5, 5.41) is 19.0. The summed E-state index contributed by atoms with van der Waals surface area (Å²) >= 11 is 0. The molecule has 0 saturated carbocycles. The molecule has 5 heteroatoms. The number of β-amino-alcohol motifs (C(OH)–C–C–N with tert-alkyl or cyclic N) is 1. The second-order valence-corrected chi connectivity index (χ2v) is 7.51. The molecule has 1 atom stereocenters. The summed E-state index contributed by atoms with van der Waals surface area (Å²) in [6.45, 7) is 12.5. The van der Waals surface area contributed by atoms with Crippen molar-refractivity contribution in [2.24, 2.45) is 5.41 Å². The van der Waals surface area contributed by atoms with Crippen LogP contribution >= 0.6 is 0 Å². The van der Waals surface area contributed by atoms with Gasteiger partial charge < -0.3 is 9.84 Å². The van der Waals surface area contributed by atoms with Crippen molar-refractivity contribution in [1.29, 1.82) is 5.26 Å². The molecule has 1 aliphatic rings. The van der Waals surface area contributed by atoms with Crippen molar-refractivity contribution in [1.82, 2.24) is 9.80 Å². The van der Waals surface area contributed by atoms with Gasteiger partial charge in [-0.2, -0.15) is 5.26 Å². The van der Waals surface area contributed by atoms with Gasteiger partial charge in [0.05, 0.1) is 17.7 Å². The molecule has 0 amide bonds. The van der Waals surface area contributed by atoms with Gasteiger partial charge in [0.25, 0.3) is 0 Å². The molecule has 0 radical (unpaired) electrons. The smallest absolute Gasteiger partial charge is 0.119 e. The third-order valence-electron chi connectivity index (χ3n) is 4.56. The number of nitriles is 1. The van der Waals surface area contributed by atoms with Gasteiger partial charge >= 0.3 is 0 Å². The average Bonchev–Trinajstić information content (AvgIpc) is 2.56. The van der Waals surface area contributed by atoms with Crippen LogP contribution in [0.5, 0.6) is 5.75 Å². The Bertz CT molecular complexity index is 537. The lowest BCUT2D eigenvalue weighted by atomic mass is 9.89.